The lowest BCUT2D eigenvalue weighted by Crippen LogP contribution is -2.27. The Kier molecular flexibility index (Phi) is 6.61. The highest BCUT2D eigenvalue weighted by Crippen LogP contribution is 2.36. The molecule has 0 aromatic heterocycles. The van der Waals surface area contributed by atoms with Gasteiger partial charge in [-0.25, -0.2) is 0 Å². The van der Waals surface area contributed by atoms with Gasteiger partial charge in [0.2, 0.25) is 0 Å². The molecule has 1 heterocycles. The smallest absolute Gasteiger partial charge is 0.308 e. The second kappa shape index (κ2) is 9.15. The van der Waals surface area contributed by atoms with Crippen LogP contribution in [0.2, 0.25) is 5.02 Å². The third kappa shape index (κ3) is 4.99. The first-order chi connectivity index (χ1) is 13.9. The minimum atomic E-state index is -0.459. The Bertz CT molecular complexity index is 1000. The summed E-state index contributed by atoms with van der Waals surface area (Å²) in [7, 11) is 0. The third-order valence-electron chi connectivity index (χ3n) is 3.98. The van der Waals surface area contributed by atoms with E-state index in [9.17, 15) is 14.4 Å². The number of hydrogen-bond donors (Lipinski definition) is 0. The van der Waals surface area contributed by atoms with Crippen LogP contribution in [-0.4, -0.2) is 28.6 Å². The van der Waals surface area contributed by atoms with Gasteiger partial charge in [-0.1, -0.05) is 35.9 Å². The van der Waals surface area contributed by atoms with Gasteiger partial charge in [0.05, 0.1) is 18.1 Å². The van der Waals surface area contributed by atoms with Gasteiger partial charge in [0.15, 0.2) is 11.5 Å². The van der Waals surface area contributed by atoms with Crippen molar-refractivity contribution in [1.82, 2.24) is 4.90 Å². The van der Waals surface area contributed by atoms with Gasteiger partial charge in [0.1, 0.15) is 0 Å². The summed E-state index contributed by atoms with van der Waals surface area (Å²) >= 11 is 7.01. The van der Waals surface area contributed by atoms with E-state index in [4.69, 9.17) is 21.1 Å². The van der Waals surface area contributed by atoms with Crippen LogP contribution in [0.1, 0.15) is 25.0 Å². The molecular weight excluding hydrogens is 414 g/mol. The van der Waals surface area contributed by atoms with Crippen molar-refractivity contribution in [2.75, 3.05) is 6.61 Å². The molecule has 6 nitrogen and oxygen atoms in total. The highest BCUT2D eigenvalue weighted by molar-refractivity contribution is 8.18. The topological polar surface area (TPSA) is 72.9 Å². The van der Waals surface area contributed by atoms with E-state index in [-0.39, 0.29) is 17.7 Å². The Labute approximate surface area is 177 Å². The van der Waals surface area contributed by atoms with Crippen LogP contribution in [0.5, 0.6) is 11.5 Å². The number of hydrogen-bond acceptors (Lipinski definition) is 6. The Morgan fingerprint density at radius 1 is 1.17 bits per heavy atom. The summed E-state index contributed by atoms with van der Waals surface area (Å²) < 4.78 is 10.6. The summed E-state index contributed by atoms with van der Waals surface area (Å²) in [6.07, 6.45) is 1.61. The lowest BCUT2D eigenvalue weighted by molar-refractivity contribution is -0.132. The molecule has 0 unspecified atom stereocenters. The first-order valence-corrected chi connectivity index (χ1v) is 10.0. The van der Waals surface area contributed by atoms with Gasteiger partial charge in [-0.05, 0) is 54.1 Å². The van der Waals surface area contributed by atoms with Crippen molar-refractivity contribution in [3.63, 3.8) is 0 Å². The number of imide groups is 1. The summed E-state index contributed by atoms with van der Waals surface area (Å²) in [6.45, 7) is 3.60. The zero-order chi connectivity index (χ0) is 21.0. The molecule has 150 valence electrons. The second-order valence-corrected chi connectivity index (χ2v) is 7.49. The summed E-state index contributed by atoms with van der Waals surface area (Å²) in [5.41, 5.74) is 1.34. The van der Waals surface area contributed by atoms with Crippen LogP contribution >= 0.6 is 23.4 Å². The number of carbonyl (C=O) groups is 3. The van der Waals surface area contributed by atoms with Gasteiger partial charge in [0.25, 0.3) is 11.1 Å². The van der Waals surface area contributed by atoms with E-state index in [0.29, 0.717) is 39.2 Å². The molecule has 2 aromatic carbocycles. The van der Waals surface area contributed by atoms with Gasteiger partial charge in [-0.3, -0.25) is 19.3 Å². The van der Waals surface area contributed by atoms with Crippen molar-refractivity contribution in [1.29, 1.82) is 0 Å². The number of amides is 2. The zero-order valence-electron chi connectivity index (χ0n) is 15.8. The maximum atomic E-state index is 12.7. The lowest BCUT2D eigenvalue weighted by Gasteiger charge is -2.13. The van der Waals surface area contributed by atoms with Crippen molar-refractivity contribution in [3.8, 4) is 11.5 Å². The van der Waals surface area contributed by atoms with Crippen molar-refractivity contribution >= 4 is 46.6 Å². The molecule has 0 spiro atoms. The van der Waals surface area contributed by atoms with E-state index in [0.717, 1.165) is 16.7 Å². The molecule has 0 radical (unpaired) electrons. The summed E-state index contributed by atoms with van der Waals surface area (Å²) in [5.74, 6) is -0.170. The fraction of sp³-hybridized carbons (Fsp3) is 0.190. The van der Waals surface area contributed by atoms with Crippen LogP contribution in [-0.2, 0) is 16.1 Å². The SMILES string of the molecule is CCOc1cc(/C=C2/SC(=O)N(Cc3ccccc3Cl)C2=O)ccc1OC(C)=O. The van der Waals surface area contributed by atoms with Crippen molar-refractivity contribution in [3.05, 3.63) is 63.5 Å². The highest BCUT2D eigenvalue weighted by atomic mass is 35.5. The number of thioether (sulfide) groups is 1. The van der Waals surface area contributed by atoms with Gasteiger partial charge in [-0.2, -0.15) is 0 Å². The normalized spacial score (nSPS) is 15.1. The monoisotopic (exact) mass is 431 g/mol. The second-order valence-electron chi connectivity index (χ2n) is 6.09. The maximum absolute atomic E-state index is 12.7. The van der Waals surface area contributed by atoms with E-state index in [2.05, 4.69) is 0 Å². The molecule has 1 aliphatic heterocycles. The van der Waals surface area contributed by atoms with Gasteiger partial charge in [0, 0.05) is 11.9 Å². The molecule has 8 heteroatoms. The first kappa shape index (κ1) is 21.0. The predicted molar refractivity (Wildman–Crippen MR) is 112 cm³/mol. The summed E-state index contributed by atoms with van der Waals surface area (Å²) in [5, 5.41) is 0.140. The van der Waals surface area contributed by atoms with E-state index in [1.165, 1.54) is 6.92 Å². The Balaban J connectivity index is 1.84. The van der Waals surface area contributed by atoms with E-state index >= 15 is 0 Å². The van der Waals surface area contributed by atoms with Crippen molar-refractivity contribution in [2.45, 2.75) is 20.4 Å². The molecule has 2 amide bonds. The van der Waals surface area contributed by atoms with E-state index in [1.807, 2.05) is 6.92 Å². The van der Waals surface area contributed by atoms with Crippen molar-refractivity contribution < 1.29 is 23.9 Å². The van der Waals surface area contributed by atoms with Crippen LogP contribution in [0.15, 0.2) is 47.4 Å². The average Bonchev–Trinajstić information content (AvgIpc) is 2.93. The Morgan fingerprint density at radius 3 is 2.62 bits per heavy atom. The first-order valence-electron chi connectivity index (χ1n) is 8.83. The maximum Gasteiger partial charge on any atom is 0.308 e. The predicted octanol–water partition coefficient (Wildman–Crippen LogP) is 4.90. The fourth-order valence-electron chi connectivity index (χ4n) is 2.71. The molecule has 1 fully saturated rings. The van der Waals surface area contributed by atoms with E-state index in [1.54, 1.807) is 48.5 Å². The largest absolute Gasteiger partial charge is 0.490 e. The van der Waals surface area contributed by atoms with Crippen LogP contribution in [0, 0.1) is 0 Å². The third-order valence-corrected chi connectivity index (χ3v) is 5.26. The quantitative estimate of drug-likeness (QED) is 0.368. The number of rotatable bonds is 6. The van der Waals surface area contributed by atoms with Crippen LogP contribution in [0.4, 0.5) is 4.79 Å². The van der Waals surface area contributed by atoms with E-state index < -0.39 is 5.97 Å². The number of nitrogens with zero attached hydrogens (tertiary/aromatic N) is 1. The zero-order valence-corrected chi connectivity index (χ0v) is 17.4. The van der Waals surface area contributed by atoms with Gasteiger partial charge < -0.3 is 9.47 Å². The molecule has 0 aliphatic carbocycles. The number of halogens is 1. The van der Waals surface area contributed by atoms with Crippen LogP contribution in [0.3, 0.4) is 0 Å². The van der Waals surface area contributed by atoms with Crippen LogP contribution < -0.4 is 9.47 Å². The molecule has 2 aromatic rings. The molecule has 1 aliphatic rings. The minimum absolute atomic E-state index is 0.108. The molecule has 3 rings (SSSR count). The molecule has 0 atom stereocenters. The minimum Gasteiger partial charge on any atom is -0.490 e. The lowest BCUT2D eigenvalue weighted by atomic mass is 10.1. The highest BCUT2D eigenvalue weighted by Gasteiger charge is 2.35. The average molecular weight is 432 g/mol. The Morgan fingerprint density at radius 2 is 1.93 bits per heavy atom. The number of esters is 1. The number of benzene rings is 2. The standard InChI is InChI=1S/C21H18ClNO5S/c1-3-27-18-10-14(8-9-17(18)28-13(2)24)11-19-20(25)23(21(26)29-19)12-15-6-4-5-7-16(15)22/h4-11H,3,12H2,1-2H3/b19-11+. The molecule has 0 saturated carbocycles. The van der Waals surface area contributed by atoms with Gasteiger partial charge in [-0.15, -0.1) is 0 Å². The molecule has 0 bridgehead atoms. The number of ether oxygens (including phenoxy) is 2. The van der Waals surface area contributed by atoms with Crippen LogP contribution in [0.25, 0.3) is 6.08 Å². The molecular formula is C21H18ClNO5S. The summed E-state index contributed by atoms with van der Waals surface area (Å²) in [6, 6.07) is 12.0. The molecule has 1 saturated heterocycles. The molecule has 29 heavy (non-hydrogen) atoms. The number of carbonyl (C=O) groups excluding carboxylic acids is 3. The molecule has 0 N–H and O–H groups in total. The Hall–Kier alpha value is -2.77. The summed E-state index contributed by atoms with van der Waals surface area (Å²) in [4.78, 5) is 37.8. The fourth-order valence-corrected chi connectivity index (χ4v) is 3.74. The van der Waals surface area contributed by atoms with Gasteiger partial charge >= 0.3 is 5.97 Å². The van der Waals surface area contributed by atoms with Crippen molar-refractivity contribution in [2.24, 2.45) is 0 Å².